The van der Waals surface area contributed by atoms with Crippen LogP contribution in [0.3, 0.4) is 0 Å². The number of nitrogens with zero attached hydrogens (tertiary/aromatic N) is 1. The van der Waals surface area contributed by atoms with Crippen molar-refractivity contribution < 1.29 is 5.11 Å². The molecule has 1 aromatic rings. The molecule has 1 aromatic carbocycles. The van der Waals surface area contributed by atoms with Crippen molar-refractivity contribution in [2.45, 2.75) is 51.2 Å². The molecule has 19 heavy (non-hydrogen) atoms. The normalized spacial score (nSPS) is 23.7. The number of phenols is 1. The summed E-state index contributed by atoms with van der Waals surface area (Å²) in [6.07, 6.45) is 5.10. The van der Waals surface area contributed by atoms with Crippen molar-refractivity contribution >= 4 is 0 Å². The Balaban J connectivity index is 1.82. The molecule has 0 radical (unpaired) electrons. The van der Waals surface area contributed by atoms with Crippen LogP contribution >= 0.6 is 0 Å². The Morgan fingerprint density at radius 2 is 2.00 bits per heavy atom. The SMILES string of the molecule is CCNC1CCC(N(C)Cc2cccc(O)c2)CC1. The zero-order valence-electron chi connectivity index (χ0n) is 12.1. The summed E-state index contributed by atoms with van der Waals surface area (Å²) in [5, 5.41) is 13.1. The van der Waals surface area contributed by atoms with Gasteiger partial charge in [-0.3, -0.25) is 4.90 Å². The zero-order valence-corrected chi connectivity index (χ0v) is 12.1. The van der Waals surface area contributed by atoms with E-state index in [1.807, 2.05) is 12.1 Å². The zero-order chi connectivity index (χ0) is 13.7. The smallest absolute Gasteiger partial charge is 0.115 e. The lowest BCUT2D eigenvalue weighted by Crippen LogP contribution is -2.40. The Morgan fingerprint density at radius 1 is 1.26 bits per heavy atom. The van der Waals surface area contributed by atoms with Gasteiger partial charge < -0.3 is 10.4 Å². The van der Waals surface area contributed by atoms with E-state index in [-0.39, 0.29) is 0 Å². The molecule has 0 aliphatic heterocycles. The largest absolute Gasteiger partial charge is 0.508 e. The quantitative estimate of drug-likeness (QED) is 0.856. The summed E-state index contributed by atoms with van der Waals surface area (Å²) in [7, 11) is 2.20. The van der Waals surface area contributed by atoms with Gasteiger partial charge in [0.2, 0.25) is 0 Å². The van der Waals surface area contributed by atoms with E-state index >= 15 is 0 Å². The summed E-state index contributed by atoms with van der Waals surface area (Å²) >= 11 is 0. The second-order valence-corrected chi connectivity index (χ2v) is 5.65. The monoisotopic (exact) mass is 262 g/mol. The van der Waals surface area contributed by atoms with Gasteiger partial charge in [0.05, 0.1) is 0 Å². The van der Waals surface area contributed by atoms with Gasteiger partial charge >= 0.3 is 0 Å². The first kappa shape index (κ1) is 14.4. The highest BCUT2D eigenvalue weighted by Crippen LogP contribution is 2.24. The van der Waals surface area contributed by atoms with Crippen LogP contribution in [0.25, 0.3) is 0 Å². The molecule has 2 N–H and O–H groups in total. The maximum absolute atomic E-state index is 9.50. The van der Waals surface area contributed by atoms with E-state index in [1.54, 1.807) is 6.07 Å². The molecule has 2 rings (SSSR count). The molecule has 0 amide bonds. The van der Waals surface area contributed by atoms with Gasteiger partial charge in [-0.15, -0.1) is 0 Å². The molecule has 1 saturated carbocycles. The van der Waals surface area contributed by atoms with Crippen LogP contribution in [0, 0.1) is 0 Å². The fourth-order valence-corrected chi connectivity index (χ4v) is 3.08. The van der Waals surface area contributed by atoms with Crippen molar-refractivity contribution in [1.29, 1.82) is 0 Å². The average Bonchev–Trinajstić information content (AvgIpc) is 2.40. The highest BCUT2D eigenvalue weighted by molar-refractivity contribution is 5.27. The van der Waals surface area contributed by atoms with Crippen LogP contribution in [-0.4, -0.2) is 35.7 Å². The molecule has 0 bridgehead atoms. The van der Waals surface area contributed by atoms with Gasteiger partial charge in [-0.05, 0) is 57.0 Å². The minimum Gasteiger partial charge on any atom is -0.508 e. The fraction of sp³-hybridized carbons (Fsp3) is 0.625. The Morgan fingerprint density at radius 3 is 2.63 bits per heavy atom. The fourth-order valence-electron chi connectivity index (χ4n) is 3.08. The van der Waals surface area contributed by atoms with Gasteiger partial charge in [0.25, 0.3) is 0 Å². The lowest BCUT2D eigenvalue weighted by Gasteiger charge is -2.35. The lowest BCUT2D eigenvalue weighted by atomic mass is 9.90. The van der Waals surface area contributed by atoms with E-state index < -0.39 is 0 Å². The van der Waals surface area contributed by atoms with Crippen molar-refractivity contribution in [2.75, 3.05) is 13.6 Å². The number of hydrogen-bond donors (Lipinski definition) is 2. The minimum atomic E-state index is 0.363. The van der Waals surface area contributed by atoms with Crippen molar-refractivity contribution in [1.82, 2.24) is 10.2 Å². The molecule has 0 atom stereocenters. The Hall–Kier alpha value is -1.06. The average molecular weight is 262 g/mol. The van der Waals surface area contributed by atoms with Gasteiger partial charge in [0.15, 0.2) is 0 Å². The van der Waals surface area contributed by atoms with Crippen LogP contribution in [0.5, 0.6) is 5.75 Å². The molecule has 1 fully saturated rings. The summed E-state index contributed by atoms with van der Waals surface area (Å²) in [6.45, 7) is 4.18. The minimum absolute atomic E-state index is 0.363. The van der Waals surface area contributed by atoms with Crippen molar-refractivity contribution in [2.24, 2.45) is 0 Å². The van der Waals surface area contributed by atoms with Crippen molar-refractivity contribution in [3.63, 3.8) is 0 Å². The van der Waals surface area contributed by atoms with Gasteiger partial charge in [-0.25, -0.2) is 0 Å². The standard InChI is InChI=1S/C16H26N2O/c1-3-17-14-7-9-15(10-8-14)18(2)12-13-5-4-6-16(19)11-13/h4-6,11,14-15,17,19H,3,7-10,12H2,1-2H3. The van der Waals surface area contributed by atoms with Crippen LogP contribution < -0.4 is 5.32 Å². The third-order valence-electron chi connectivity index (χ3n) is 4.16. The van der Waals surface area contributed by atoms with Gasteiger partial charge in [-0.1, -0.05) is 19.1 Å². The maximum atomic E-state index is 9.50. The lowest BCUT2D eigenvalue weighted by molar-refractivity contribution is 0.168. The van der Waals surface area contributed by atoms with E-state index in [2.05, 4.69) is 30.3 Å². The Kier molecular flexibility index (Phi) is 5.23. The highest BCUT2D eigenvalue weighted by atomic mass is 16.3. The Labute approximate surface area is 116 Å². The molecule has 0 saturated heterocycles. The Bertz CT molecular complexity index is 386. The third-order valence-corrected chi connectivity index (χ3v) is 4.16. The number of phenolic OH excluding ortho intramolecular Hbond substituents is 1. The second-order valence-electron chi connectivity index (χ2n) is 5.65. The van der Waals surface area contributed by atoms with Crippen LogP contribution in [0.2, 0.25) is 0 Å². The number of nitrogens with one attached hydrogen (secondary N) is 1. The molecule has 106 valence electrons. The first-order valence-electron chi connectivity index (χ1n) is 7.40. The van der Waals surface area contributed by atoms with E-state index in [4.69, 9.17) is 0 Å². The summed E-state index contributed by atoms with van der Waals surface area (Å²) in [6, 6.07) is 8.99. The van der Waals surface area contributed by atoms with Crippen LogP contribution in [-0.2, 0) is 6.54 Å². The predicted molar refractivity (Wildman–Crippen MR) is 79.3 cm³/mol. The summed E-state index contributed by atoms with van der Waals surface area (Å²) < 4.78 is 0. The number of aromatic hydroxyl groups is 1. The molecular formula is C16H26N2O. The van der Waals surface area contributed by atoms with E-state index in [0.717, 1.165) is 19.1 Å². The number of rotatable bonds is 5. The maximum Gasteiger partial charge on any atom is 0.115 e. The molecule has 3 heteroatoms. The molecule has 0 spiro atoms. The van der Waals surface area contributed by atoms with Crippen LogP contribution in [0.15, 0.2) is 24.3 Å². The van der Waals surface area contributed by atoms with Crippen molar-refractivity contribution in [3.05, 3.63) is 29.8 Å². The molecule has 1 aliphatic carbocycles. The molecule has 3 nitrogen and oxygen atoms in total. The summed E-state index contributed by atoms with van der Waals surface area (Å²) in [5.41, 5.74) is 1.19. The molecule has 0 aromatic heterocycles. The highest BCUT2D eigenvalue weighted by Gasteiger charge is 2.23. The van der Waals surface area contributed by atoms with E-state index in [0.29, 0.717) is 11.8 Å². The first-order valence-corrected chi connectivity index (χ1v) is 7.40. The second kappa shape index (κ2) is 6.92. The van der Waals surface area contributed by atoms with Gasteiger partial charge in [0, 0.05) is 18.6 Å². The topological polar surface area (TPSA) is 35.5 Å². The van der Waals surface area contributed by atoms with Gasteiger partial charge in [0.1, 0.15) is 5.75 Å². The summed E-state index contributed by atoms with van der Waals surface area (Å²) in [4.78, 5) is 2.43. The number of benzene rings is 1. The molecule has 0 heterocycles. The molecule has 0 unspecified atom stereocenters. The van der Waals surface area contributed by atoms with E-state index in [1.165, 1.54) is 31.2 Å². The van der Waals surface area contributed by atoms with Crippen LogP contribution in [0.4, 0.5) is 0 Å². The summed E-state index contributed by atoms with van der Waals surface area (Å²) in [5.74, 6) is 0.363. The number of hydrogen-bond acceptors (Lipinski definition) is 3. The van der Waals surface area contributed by atoms with Crippen molar-refractivity contribution in [3.8, 4) is 5.75 Å². The predicted octanol–water partition coefficient (Wildman–Crippen LogP) is 2.74. The van der Waals surface area contributed by atoms with Crippen LogP contribution in [0.1, 0.15) is 38.2 Å². The molecular weight excluding hydrogens is 236 g/mol. The van der Waals surface area contributed by atoms with Gasteiger partial charge in [-0.2, -0.15) is 0 Å². The third kappa shape index (κ3) is 4.22. The van der Waals surface area contributed by atoms with E-state index in [9.17, 15) is 5.11 Å². The first-order chi connectivity index (χ1) is 9.19. The molecule has 1 aliphatic rings.